The Bertz CT molecular complexity index is 523. The molecule has 1 fully saturated rings. The fourth-order valence-electron chi connectivity index (χ4n) is 2.49. The van der Waals surface area contributed by atoms with Gasteiger partial charge in [-0.05, 0) is 32.0 Å². The molecule has 116 valence electrons. The SMILES string of the molecule is CC(C)(O)CN1CCN(C(=O)c2cc(Br)ccc2F)CC1. The minimum Gasteiger partial charge on any atom is -0.389 e. The van der Waals surface area contributed by atoms with Gasteiger partial charge < -0.3 is 10.0 Å². The molecule has 0 bridgehead atoms. The second-order valence-corrected chi connectivity index (χ2v) is 6.92. The Balaban J connectivity index is 1.99. The molecule has 1 N–H and O–H groups in total. The van der Waals surface area contributed by atoms with Crippen LogP contribution in [-0.2, 0) is 0 Å². The van der Waals surface area contributed by atoms with Crippen LogP contribution in [0.5, 0.6) is 0 Å². The number of carbonyl (C=O) groups excluding carboxylic acids is 1. The van der Waals surface area contributed by atoms with Gasteiger partial charge in [0.1, 0.15) is 5.82 Å². The van der Waals surface area contributed by atoms with Crippen molar-refractivity contribution >= 4 is 21.8 Å². The van der Waals surface area contributed by atoms with Gasteiger partial charge >= 0.3 is 0 Å². The molecule has 0 radical (unpaired) electrons. The van der Waals surface area contributed by atoms with Gasteiger partial charge in [-0.25, -0.2) is 4.39 Å². The van der Waals surface area contributed by atoms with Crippen LogP contribution in [-0.4, -0.2) is 59.1 Å². The van der Waals surface area contributed by atoms with Crippen LogP contribution in [0.2, 0.25) is 0 Å². The number of hydrogen-bond donors (Lipinski definition) is 1. The van der Waals surface area contributed by atoms with Crippen molar-refractivity contribution in [3.8, 4) is 0 Å². The van der Waals surface area contributed by atoms with Gasteiger partial charge in [0.15, 0.2) is 0 Å². The van der Waals surface area contributed by atoms with E-state index in [0.717, 1.165) is 0 Å². The summed E-state index contributed by atoms with van der Waals surface area (Å²) in [5.74, 6) is -0.779. The van der Waals surface area contributed by atoms with E-state index in [1.54, 1.807) is 24.8 Å². The third-order valence-electron chi connectivity index (χ3n) is 3.43. The van der Waals surface area contributed by atoms with Crippen LogP contribution < -0.4 is 0 Å². The fraction of sp³-hybridized carbons (Fsp3) is 0.533. The maximum Gasteiger partial charge on any atom is 0.256 e. The first kappa shape index (κ1) is 16.4. The summed E-state index contributed by atoms with van der Waals surface area (Å²) in [6, 6.07) is 4.39. The van der Waals surface area contributed by atoms with E-state index < -0.39 is 11.4 Å². The lowest BCUT2D eigenvalue weighted by Crippen LogP contribution is -2.52. The Morgan fingerprint density at radius 3 is 2.52 bits per heavy atom. The van der Waals surface area contributed by atoms with E-state index in [9.17, 15) is 14.3 Å². The van der Waals surface area contributed by atoms with E-state index >= 15 is 0 Å². The number of benzene rings is 1. The second kappa shape index (κ2) is 6.42. The molecule has 1 amide bonds. The molecule has 1 saturated heterocycles. The molecule has 1 aliphatic rings. The van der Waals surface area contributed by atoms with Crippen molar-refractivity contribution in [1.82, 2.24) is 9.80 Å². The summed E-state index contributed by atoms with van der Waals surface area (Å²) >= 11 is 3.26. The van der Waals surface area contributed by atoms with Gasteiger partial charge in [-0.3, -0.25) is 9.69 Å². The number of β-amino-alcohol motifs (C(OH)–C–C–N with tert-alkyl or cyclic N) is 1. The molecule has 0 unspecified atom stereocenters. The molecule has 1 aliphatic heterocycles. The topological polar surface area (TPSA) is 43.8 Å². The Labute approximate surface area is 132 Å². The first-order valence-corrected chi connectivity index (χ1v) is 7.75. The molecular weight excluding hydrogens is 339 g/mol. The number of hydrogen-bond acceptors (Lipinski definition) is 3. The number of aliphatic hydroxyl groups is 1. The van der Waals surface area contributed by atoms with Gasteiger partial charge in [-0.2, -0.15) is 0 Å². The van der Waals surface area contributed by atoms with Crippen molar-refractivity contribution in [2.24, 2.45) is 0 Å². The van der Waals surface area contributed by atoms with Crippen LogP contribution in [0.25, 0.3) is 0 Å². The van der Waals surface area contributed by atoms with Crippen molar-refractivity contribution < 1.29 is 14.3 Å². The summed E-state index contributed by atoms with van der Waals surface area (Å²) in [5.41, 5.74) is -0.650. The Morgan fingerprint density at radius 2 is 1.95 bits per heavy atom. The molecule has 2 rings (SSSR count). The second-order valence-electron chi connectivity index (χ2n) is 6.00. The molecule has 0 saturated carbocycles. The number of piperazine rings is 1. The molecule has 4 nitrogen and oxygen atoms in total. The van der Waals surface area contributed by atoms with E-state index in [1.165, 1.54) is 12.1 Å². The predicted octanol–water partition coefficient (Wildman–Crippen LogP) is 2.12. The third-order valence-corrected chi connectivity index (χ3v) is 3.92. The van der Waals surface area contributed by atoms with Crippen LogP contribution in [0.3, 0.4) is 0 Å². The first-order chi connectivity index (χ1) is 9.76. The molecule has 21 heavy (non-hydrogen) atoms. The molecular formula is C15H20BrFN2O2. The van der Waals surface area contributed by atoms with E-state index in [-0.39, 0.29) is 11.5 Å². The van der Waals surface area contributed by atoms with Crippen molar-refractivity contribution in [3.05, 3.63) is 34.1 Å². The lowest BCUT2D eigenvalue weighted by atomic mass is 10.1. The summed E-state index contributed by atoms with van der Waals surface area (Å²) in [6.07, 6.45) is 0. The summed E-state index contributed by atoms with van der Waals surface area (Å²) in [7, 11) is 0. The van der Waals surface area contributed by atoms with Crippen molar-refractivity contribution in [1.29, 1.82) is 0 Å². The van der Waals surface area contributed by atoms with E-state index in [0.29, 0.717) is 37.2 Å². The monoisotopic (exact) mass is 358 g/mol. The fourth-order valence-corrected chi connectivity index (χ4v) is 2.85. The van der Waals surface area contributed by atoms with Crippen molar-refractivity contribution in [2.45, 2.75) is 19.4 Å². The van der Waals surface area contributed by atoms with E-state index in [2.05, 4.69) is 20.8 Å². The summed E-state index contributed by atoms with van der Waals surface area (Å²) in [5, 5.41) is 9.81. The van der Waals surface area contributed by atoms with Crippen molar-refractivity contribution in [3.63, 3.8) is 0 Å². The van der Waals surface area contributed by atoms with Crippen LogP contribution in [0.1, 0.15) is 24.2 Å². The maximum atomic E-state index is 13.8. The van der Waals surface area contributed by atoms with Crippen LogP contribution >= 0.6 is 15.9 Å². The maximum absolute atomic E-state index is 13.8. The van der Waals surface area contributed by atoms with Gasteiger partial charge in [0.05, 0.1) is 11.2 Å². The third kappa shape index (κ3) is 4.49. The highest BCUT2D eigenvalue weighted by Crippen LogP contribution is 2.18. The Kier molecular flexibility index (Phi) is 5.01. The quantitative estimate of drug-likeness (QED) is 0.899. The zero-order chi connectivity index (χ0) is 15.6. The molecule has 0 aromatic heterocycles. The van der Waals surface area contributed by atoms with E-state index in [4.69, 9.17) is 0 Å². The average Bonchev–Trinajstić information content (AvgIpc) is 2.40. The van der Waals surface area contributed by atoms with Gasteiger partial charge in [-0.15, -0.1) is 0 Å². The van der Waals surface area contributed by atoms with Crippen LogP contribution in [0.4, 0.5) is 4.39 Å². The minimum absolute atomic E-state index is 0.0975. The molecule has 0 atom stereocenters. The molecule has 1 aromatic rings. The Hall–Kier alpha value is -0.980. The normalized spacial score (nSPS) is 17.1. The number of carbonyl (C=O) groups is 1. The molecule has 0 aliphatic carbocycles. The Morgan fingerprint density at radius 1 is 1.33 bits per heavy atom. The lowest BCUT2D eigenvalue weighted by Gasteiger charge is -2.37. The molecule has 1 aromatic carbocycles. The number of rotatable bonds is 3. The number of nitrogens with zero attached hydrogens (tertiary/aromatic N) is 2. The summed E-state index contributed by atoms with van der Waals surface area (Å²) in [6.45, 7) is 6.56. The number of amides is 1. The zero-order valence-electron chi connectivity index (χ0n) is 12.3. The first-order valence-electron chi connectivity index (χ1n) is 6.95. The highest BCUT2D eigenvalue weighted by Gasteiger charge is 2.26. The average molecular weight is 359 g/mol. The van der Waals surface area contributed by atoms with Crippen molar-refractivity contribution in [2.75, 3.05) is 32.7 Å². The summed E-state index contributed by atoms with van der Waals surface area (Å²) in [4.78, 5) is 16.1. The smallest absolute Gasteiger partial charge is 0.256 e. The van der Waals surface area contributed by atoms with Gasteiger partial charge in [-0.1, -0.05) is 15.9 Å². The number of halogens is 2. The standard InChI is InChI=1S/C15H20BrFN2O2/c1-15(2,21)10-18-5-7-19(8-6-18)14(20)12-9-11(16)3-4-13(12)17/h3-4,9,21H,5-8,10H2,1-2H3. The highest BCUT2D eigenvalue weighted by atomic mass is 79.9. The summed E-state index contributed by atoms with van der Waals surface area (Å²) < 4.78 is 14.5. The highest BCUT2D eigenvalue weighted by molar-refractivity contribution is 9.10. The van der Waals surface area contributed by atoms with Gasteiger partial charge in [0.2, 0.25) is 0 Å². The molecule has 1 heterocycles. The van der Waals surface area contributed by atoms with Crippen LogP contribution in [0, 0.1) is 5.82 Å². The van der Waals surface area contributed by atoms with Crippen LogP contribution in [0.15, 0.2) is 22.7 Å². The lowest BCUT2D eigenvalue weighted by molar-refractivity contribution is 0.0177. The minimum atomic E-state index is -0.747. The zero-order valence-corrected chi connectivity index (χ0v) is 13.9. The van der Waals surface area contributed by atoms with Gasteiger partial charge in [0.25, 0.3) is 5.91 Å². The largest absolute Gasteiger partial charge is 0.389 e. The molecule has 0 spiro atoms. The predicted molar refractivity (Wildman–Crippen MR) is 82.7 cm³/mol. The van der Waals surface area contributed by atoms with E-state index in [1.807, 2.05) is 0 Å². The molecule has 6 heteroatoms. The van der Waals surface area contributed by atoms with Gasteiger partial charge in [0, 0.05) is 37.2 Å².